The molecule has 7 aromatic rings. The van der Waals surface area contributed by atoms with E-state index in [0.717, 1.165) is 55.9 Å². The summed E-state index contributed by atoms with van der Waals surface area (Å²) in [5.74, 6) is -1.32. The van der Waals surface area contributed by atoms with Crippen LogP contribution in [-0.4, -0.2) is 102 Å². The number of ether oxygens (including phenoxy) is 1. The van der Waals surface area contributed by atoms with Crippen LogP contribution < -0.4 is 25.6 Å². The zero-order valence-electron chi connectivity index (χ0n) is 45.1. The Bertz CT molecular complexity index is 3410. The average molecular weight is 1100 g/mol. The molecule has 4 aromatic heterocycles. The van der Waals surface area contributed by atoms with Gasteiger partial charge in [-0.25, -0.2) is 19.7 Å². The second-order valence-corrected chi connectivity index (χ2v) is 23.9. The molecular formula is C60H65N9O8S2. The maximum atomic E-state index is 14.4. The topological polar surface area (TPSA) is 229 Å². The summed E-state index contributed by atoms with van der Waals surface area (Å²) in [6.07, 6.45) is 4.48. The molecule has 3 aliphatic rings. The van der Waals surface area contributed by atoms with Crippen molar-refractivity contribution in [3.8, 4) is 27.3 Å². The molecular weight excluding hydrogens is 1040 g/mol. The van der Waals surface area contributed by atoms with Gasteiger partial charge in [-0.3, -0.25) is 29.5 Å². The largest absolute Gasteiger partial charge is 0.490 e. The van der Waals surface area contributed by atoms with E-state index in [1.165, 1.54) is 27.6 Å². The first-order valence-corrected chi connectivity index (χ1v) is 28.6. The van der Waals surface area contributed by atoms with Crippen LogP contribution in [-0.2, 0) is 27.3 Å². The van der Waals surface area contributed by atoms with E-state index >= 15 is 0 Å². The summed E-state index contributed by atoms with van der Waals surface area (Å²) in [6.45, 7) is 12.2. The first-order chi connectivity index (χ1) is 37.9. The number of aromatic nitrogens is 4. The number of amides is 4. The highest BCUT2D eigenvalue weighted by atomic mass is 32.1. The Kier molecular flexibility index (Phi) is 15.9. The molecule has 1 saturated carbocycles. The van der Waals surface area contributed by atoms with Crippen molar-refractivity contribution >= 4 is 73.4 Å². The lowest BCUT2D eigenvalue weighted by Crippen LogP contribution is -2.58. The van der Waals surface area contributed by atoms with Gasteiger partial charge in [0.05, 0.1) is 50.2 Å². The number of carboxylic acid groups (broad SMARTS) is 1. The zero-order chi connectivity index (χ0) is 55.7. The van der Waals surface area contributed by atoms with Gasteiger partial charge in [-0.1, -0.05) is 74.6 Å². The maximum absolute atomic E-state index is 14.4. The number of anilines is 2. The Balaban J connectivity index is 0.741. The summed E-state index contributed by atoms with van der Waals surface area (Å²) in [6, 6.07) is 24.1. The third-order valence-electron chi connectivity index (χ3n) is 15.5. The monoisotopic (exact) mass is 1100 g/mol. The third kappa shape index (κ3) is 12.0. The first-order valence-electron chi connectivity index (χ1n) is 26.9. The van der Waals surface area contributed by atoms with Crippen LogP contribution in [0.5, 0.6) is 5.75 Å². The lowest BCUT2D eigenvalue weighted by atomic mass is 9.83. The number of likely N-dealkylation sites (tertiary alicyclic amines) is 1. The molecule has 2 fully saturated rings. The molecule has 0 unspecified atom stereocenters. The van der Waals surface area contributed by atoms with Crippen molar-refractivity contribution in [1.29, 1.82) is 0 Å². The van der Waals surface area contributed by atoms with Crippen LogP contribution in [0.15, 0.2) is 96.6 Å². The first kappa shape index (κ1) is 54.7. The highest BCUT2D eigenvalue weighted by Gasteiger charge is 2.45. The number of rotatable bonds is 15. The number of aromatic carboxylic acids is 1. The fraction of sp³-hybridized carbons (Fsp3) is 0.383. The van der Waals surface area contributed by atoms with E-state index in [2.05, 4.69) is 30.9 Å². The molecule has 0 radical (unpaired) electrons. The number of aliphatic hydroxyl groups excluding tert-OH is 1. The van der Waals surface area contributed by atoms with E-state index in [4.69, 9.17) is 9.72 Å². The van der Waals surface area contributed by atoms with Crippen LogP contribution >= 0.6 is 22.7 Å². The minimum Gasteiger partial charge on any atom is -0.490 e. The van der Waals surface area contributed by atoms with Crippen LogP contribution in [0.4, 0.5) is 10.9 Å². The molecule has 0 spiro atoms. The van der Waals surface area contributed by atoms with Crippen LogP contribution in [0, 0.1) is 25.2 Å². The molecule has 10 rings (SSSR count). The lowest BCUT2D eigenvalue weighted by molar-refractivity contribution is -0.144. The van der Waals surface area contributed by atoms with E-state index in [-0.39, 0.29) is 48.9 Å². The summed E-state index contributed by atoms with van der Waals surface area (Å²) in [7, 11) is 0. The Morgan fingerprint density at radius 2 is 1.66 bits per heavy atom. The number of aliphatic hydroxyl groups is 1. The Labute approximate surface area is 466 Å². The van der Waals surface area contributed by atoms with Gasteiger partial charge in [0.2, 0.25) is 17.7 Å². The summed E-state index contributed by atoms with van der Waals surface area (Å²) in [5.41, 5.74) is 8.68. The SMILES string of the molecule is Cc1ncsc1-c1ccc([C@H](C)NC(=O)[C@@H]2C[C@@H](O)CN2C(=O)[C@@H](NC(=O)CC2CCC(Oc3cccc(-c4ccc(N5CCc6cccc(C(=O)Nc7nc8ccccc8s7)c6C5)nc4C(=O)O)c3C)CC2)C(C)(C)C)nc1. The number of aryl methyl sites for hydroxylation is 1. The molecule has 1 saturated heterocycles. The number of para-hydroxylation sites is 1. The molecule has 0 bridgehead atoms. The Morgan fingerprint density at radius 1 is 0.873 bits per heavy atom. The van der Waals surface area contributed by atoms with Gasteiger partial charge < -0.3 is 35.4 Å². The highest BCUT2D eigenvalue weighted by molar-refractivity contribution is 7.22. The van der Waals surface area contributed by atoms with Crippen LogP contribution in [0.1, 0.15) is 121 Å². The van der Waals surface area contributed by atoms with Crippen molar-refractivity contribution < 1.29 is 38.9 Å². The van der Waals surface area contributed by atoms with E-state index in [0.29, 0.717) is 71.4 Å². The van der Waals surface area contributed by atoms with Gasteiger partial charge in [0, 0.05) is 55.4 Å². The van der Waals surface area contributed by atoms with Crippen molar-refractivity contribution in [3.63, 3.8) is 0 Å². The van der Waals surface area contributed by atoms with Gasteiger partial charge in [-0.2, -0.15) is 0 Å². The number of carbonyl (C=O) groups is 5. The van der Waals surface area contributed by atoms with E-state index in [9.17, 15) is 34.2 Å². The quantitative estimate of drug-likeness (QED) is 0.0645. The van der Waals surface area contributed by atoms with Crippen molar-refractivity contribution in [2.24, 2.45) is 11.3 Å². The number of hydrogen-bond acceptors (Lipinski definition) is 14. The highest BCUT2D eigenvalue weighted by Crippen LogP contribution is 2.38. The number of benzene rings is 3. The van der Waals surface area contributed by atoms with Crippen LogP contribution in [0.3, 0.4) is 0 Å². The molecule has 17 nitrogen and oxygen atoms in total. The molecule has 2 aliphatic heterocycles. The maximum Gasteiger partial charge on any atom is 0.355 e. The van der Waals surface area contributed by atoms with Crippen molar-refractivity contribution in [2.75, 3.05) is 23.3 Å². The number of carbonyl (C=O) groups excluding carboxylic acids is 4. The predicted molar refractivity (Wildman–Crippen MR) is 305 cm³/mol. The second-order valence-electron chi connectivity index (χ2n) is 22.1. The number of nitrogens with one attached hydrogen (secondary N) is 3. The molecule has 19 heteroatoms. The van der Waals surface area contributed by atoms with Gasteiger partial charge >= 0.3 is 5.97 Å². The van der Waals surface area contributed by atoms with E-state index < -0.39 is 47.4 Å². The molecule has 79 heavy (non-hydrogen) atoms. The predicted octanol–water partition coefficient (Wildman–Crippen LogP) is 9.70. The molecule has 5 N–H and O–H groups in total. The minimum atomic E-state index is -1.16. The number of fused-ring (bicyclic) bond motifs is 2. The molecule has 4 amide bonds. The van der Waals surface area contributed by atoms with Gasteiger partial charge in [-0.05, 0) is 129 Å². The number of β-amino-alcohol motifs (C(OH)–C–C–N with tert-alkyl or cyclic N) is 1. The molecule has 1 aliphatic carbocycles. The number of nitrogens with zero attached hydrogens (tertiary/aromatic N) is 6. The van der Waals surface area contributed by atoms with E-state index in [1.54, 1.807) is 23.8 Å². The van der Waals surface area contributed by atoms with Gasteiger partial charge in [0.25, 0.3) is 5.91 Å². The van der Waals surface area contributed by atoms with Crippen LogP contribution in [0.2, 0.25) is 0 Å². The number of thiazole rings is 2. The third-order valence-corrected chi connectivity index (χ3v) is 17.4. The zero-order valence-corrected chi connectivity index (χ0v) is 46.7. The normalized spacial score (nSPS) is 19.1. The smallest absolute Gasteiger partial charge is 0.355 e. The molecule has 3 aromatic carbocycles. The fourth-order valence-electron chi connectivity index (χ4n) is 11.1. The molecule has 4 atom stereocenters. The standard InChI is InChI=1S/C60H65N9O8S2/c1-33-41(42-22-24-50(65-52(42)58(75)76)68-26-25-37-11-9-13-43(44(37)31-68)55(72)67-59-64-46-14-7-8-16-49(46)79-59)12-10-15-48(33)77-40-20-17-36(18-21-40)27-51(71)66-54(60(4,5)6)57(74)69-30-39(70)28-47(69)56(73)63-34(2)45-23-19-38(29-61-45)53-35(3)62-32-78-53/h7-16,19,22-24,29,32,34,36,39-40,47,54,70H,17-18,20-21,25-28,30-31H2,1-6H3,(H,63,73)(H,66,71)(H,75,76)(H,64,67,72)/t34-,36?,39+,40?,47-,54+/m0/s1. The minimum absolute atomic E-state index is 0.0297. The van der Waals surface area contributed by atoms with Gasteiger partial charge in [0.15, 0.2) is 10.8 Å². The Hall–Kier alpha value is -7.61. The summed E-state index contributed by atoms with van der Waals surface area (Å²) in [4.78, 5) is 91.3. The lowest BCUT2D eigenvalue weighted by Gasteiger charge is -2.36. The van der Waals surface area contributed by atoms with Crippen molar-refractivity contribution in [2.45, 2.75) is 123 Å². The number of hydrogen-bond donors (Lipinski definition) is 5. The van der Waals surface area contributed by atoms with E-state index in [1.807, 2.05) is 119 Å². The second kappa shape index (κ2) is 23.0. The Morgan fingerprint density at radius 3 is 2.38 bits per heavy atom. The number of carboxylic acids is 1. The van der Waals surface area contributed by atoms with Crippen molar-refractivity contribution in [1.82, 2.24) is 35.5 Å². The van der Waals surface area contributed by atoms with Crippen LogP contribution in [0.25, 0.3) is 31.8 Å². The fourth-order valence-corrected chi connectivity index (χ4v) is 12.8. The van der Waals surface area contributed by atoms with Gasteiger partial charge in [0.1, 0.15) is 23.7 Å². The summed E-state index contributed by atoms with van der Waals surface area (Å²) < 4.78 is 7.60. The molecule has 410 valence electrons. The summed E-state index contributed by atoms with van der Waals surface area (Å²) in [5, 5.41) is 30.9. The van der Waals surface area contributed by atoms with Crippen molar-refractivity contribution in [3.05, 3.63) is 136 Å². The molecule has 6 heterocycles. The number of pyridine rings is 2. The van der Waals surface area contributed by atoms with Gasteiger partial charge in [-0.15, -0.1) is 11.3 Å². The average Bonchev–Trinajstić information content (AvgIpc) is 4.19. The summed E-state index contributed by atoms with van der Waals surface area (Å²) >= 11 is 2.95.